The topological polar surface area (TPSA) is 46.2 Å². The summed E-state index contributed by atoms with van der Waals surface area (Å²) in [5.74, 6) is 0. The number of anilines is 1. The summed E-state index contributed by atoms with van der Waals surface area (Å²) in [7, 11) is 0. The van der Waals surface area contributed by atoms with E-state index >= 15 is 0 Å². The van der Waals surface area contributed by atoms with Crippen LogP contribution in [0.3, 0.4) is 0 Å². The van der Waals surface area contributed by atoms with E-state index in [0.29, 0.717) is 0 Å². The zero-order valence-electron chi connectivity index (χ0n) is 17.9. The molecule has 0 amide bonds. The highest BCUT2D eigenvalue weighted by Crippen LogP contribution is 2.36. The second kappa shape index (κ2) is 7.69. The van der Waals surface area contributed by atoms with E-state index < -0.39 is 5.00 Å². The molecule has 0 fully saturated rings. The number of alkyl halides is 1. The molecule has 1 unspecified atom stereocenters. The van der Waals surface area contributed by atoms with Crippen molar-refractivity contribution in [2.24, 2.45) is 5.73 Å². The van der Waals surface area contributed by atoms with E-state index in [4.69, 9.17) is 17.3 Å². The highest BCUT2D eigenvalue weighted by Gasteiger charge is 2.34. The molecule has 5 heteroatoms. The molecular formula is C28H23ClN4. The zero-order chi connectivity index (χ0) is 22.4. The molecule has 0 spiro atoms. The van der Waals surface area contributed by atoms with Gasteiger partial charge in [0.15, 0.2) is 5.00 Å². The van der Waals surface area contributed by atoms with Crippen LogP contribution in [0.2, 0.25) is 0 Å². The van der Waals surface area contributed by atoms with Crippen molar-refractivity contribution < 1.29 is 0 Å². The second-order valence-electron chi connectivity index (χ2n) is 8.29. The van der Waals surface area contributed by atoms with E-state index in [2.05, 4.69) is 93.7 Å². The Labute approximate surface area is 197 Å². The van der Waals surface area contributed by atoms with Gasteiger partial charge in [-0.1, -0.05) is 60.2 Å². The molecule has 6 rings (SSSR count). The summed E-state index contributed by atoms with van der Waals surface area (Å²) in [4.78, 5) is 1.09. The summed E-state index contributed by atoms with van der Waals surface area (Å²) < 4.78 is 2.31. The van der Waals surface area contributed by atoms with Crippen LogP contribution in [0.1, 0.15) is 0 Å². The number of fused-ring (bicyclic) bond motifs is 3. The SMILES string of the molecule is N[C@@]1(Cl)C=CC=C1N(c1ccc(-n2c3ccccc3c3ccccc32)cc1)C1C=CC=CN1. The van der Waals surface area contributed by atoms with E-state index in [1.807, 2.05) is 36.6 Å². The van der Waals surface area contributed by atoms with Crippen molar-refractivity contribution in [1.82, 2.24) is 9.88 Å². The first-order valence-corrected chi connectivity index (χ1v) is 11.4. The number of allylic oxidation sites excluding steroid dienone is 4. The van der Waals surface area contributed by atoms with Gasteiger partial charge in [0.1, 0.15) is 6.17 Å². The Bertz CT molecular complexity index is 1420. The van der Waals surface area contributed by atoms with Crippen LogP contribution in [0.25, 0.3) is 27.5 Å². The van der Waals surface area contributed by atoms with Crippen LogP contribution < -0.4 is 16.0 Å². The number of dihydropyridines is 1. The van der Waals surface area contributed by atoms with Gasteiger partial charge in [0.05, 0.1) is 16.7 Å². The predicted molar refractivity (Wildman–Crippen MR) is 138 cm³/mol. The first-order valence-electron chi connectivity index (χ1n) is 11.0. The van der Waals surface area contributed by atoms with Gasteiger partial charge in [-0.15, -0.1) is 0 Å². The molecule has 1 aromatic heterocycles. The van der Waals surface area contributed by atoms with Gasteiger partial charge in [-0.05, 0) is 66.9 Å². The van der Waals surface area contributed by atoms with E-state index in [1.54, 1.807) is 0 Å². The summed E-state index contributed by atoms with van der Waals surface area (Å²) in [6.07, 6.45) is 13.6. The van der Waals surface area contributed by atoms with Crippen LogP contribution >= 0.6 is 11.6 Å². The van der Waals surface area contributed by atoms with Crippen molar-refractivity contribution in [3.63, 3.8) is 0 Å². The fourth-order valence-corrected chi connectivity index (χ4v) is 4.99. The number of hydrogen-bond acceptors (Lipinski definition) is 3. The molecule has 1 aliphatic carbocycles. The third-order valence-corrected chi connectivity index (χ3v) is 6.58. The van der Waals surface area contributed by atoms with Crippen molar-refractivity contribution in [2.75, 3.05) is 4.90 Å². The molecule has 0 bridgehead atoms. The van der Waals surface area contributed by atoms with Crippen LogP contribution in [0.5, 0.6) is 0 Å². The van der Waals surface area contributed by atoms with E-state index in [9.17, 15) is 0 Å². The van der Waals surface area contributed by atoms with Gasteiger partial charge in [-0.2, -0.15) is 0 Å². The molecule has 3 aromatic carbocycles. The fourth-order valence-electron chi connectivity index (χ4n) is 4.77. The number of nitrogens with one attached hydrogen (secondary N) is 1. The van der Waals surface area contributed by atoms with Crippen molar-refractivity contribution in [2.45, 2.75) is 11.2 Å². The van der Waals surface area contributed by atoms with Crippen molar-refractivity contribution in [1.29, 1.82) is 0 Å². The Morgan fingerprint density at radius 3 is 2.09 bits per heavy atom. The van der Waals surface area contributed by atoms with Gasteiger partial charge in [-0.25, -0.2) is 0 Å². The molecular weight excluding hydrogens is 428 g/mol. The summed E-state index contributed by atoms with van der Waals surface area (Å²) in [5, 5.41) is 5.89. The molecule has 33 heavy (non-hydrogen) atoms. The Kier molecular flexibility index (Phi) is 4.64. The van der Waals surface area contributed by atoms with Crippen LogP contribution in [0.15, 0.2) is 121 Å². The smallest absolute Gasteiger partial charge is 0.151 e. The first-order chi connectivity index (χ1) is 16.1. The average Bonchev–Trinajstić information content (AvgIpc) is 3.37. The Morgan fingerprint density at radius 2 is 1.52 bits per heavy atom. The molecule has 0 saturated carbocycles. The van der Waals surface area contributed by atoms with Crippen molar-refractivity contribution in [3.05, 3.63) is 121 Å². The number of rotatable bonds is 4. The largest absolute Gasteiger partial charge is 0.368 e. The van der Waals surface area contributed by atoms with Gasteiger partial charge in [0, 0.05) is 22.1 Å². The number of para-hydroxylation sites is 2. The van der Waals surface area contributed by atoms with E-state index in [1.165, 1.54) is 21.8 Å². The molecule has 2 aliphatic rings. The normalized spacial score (nSPS) is 21.5. The summed E-state index contributed by atoms with van der Waals surface area (Å²) in [6, 6.07) is 25.6. The highest BCUT2D eigenvalue weighted by atomic mass is 35.5. The minimum absolute atomic E-state index is 0.0955. The van der Waals surface area contributed by atoms with Crippen LogP contribution in [0.4, 0.5) is 5.69 Å². The summed E-state index contributed by atoms with van der Waals surface area (Å²) >= 11 is 6.65. The number of aromatic nitrogens is 1. The Hall–Kier alpha value is -3.73. The van der Waals surface area contributed by atoms with Crippen molar-refractivity contribution in [3.8, 4) is 5.69 Å². The lowest BCUT2D eigenvalue weighted by Gasteiger charge is -2.38. The molecule has 2 atom stereocenters. The molecule has 4 aromatic rings. The van der Waals surface area contributed by atoms with Gasteiger partial charge in [0.25, 0.3) is 0 Å². The predicted octanol–water partition coefficient (Wildman–Crippen LogP) is 5.94. The molecule has 4 nitrogen and oxygen atoms in total. The molecule has 0 radical (unpaired) electrons. The molecule has 3 N–H and O–H groups in total. The number of halogens is 1. The van der Waals surface area contributed by atoms with Gasteiger partial charge >= 0.3 is 0 Å². The lowest BCUT2D eigenvalue weighted by molar-refractivity contribution is 0.646. The monoisotopic (exact) mass is 450 g/mol. The number of benzene rings is 3. The summed E-state index contributed by atoms with van der Waals surface area (Å²) in [5.41, 5.74) is 11.7. The Balaban J connectivity index is 1.46. The molecule has 1 aliphatic heterocycles. The maximum atomic E-state index is 6.65. The van der Waals surface area contributed by atoms with Crippen LogP contribution in [0, 0.1) is 0 Å². The summed E-state index contributed by atoms with van der Waals surface area (Å²) in [6.45, 7) is 0. The lowest BCUT2D eigenvalue weighted by atomic mass is 10.1. The van der Waals surface area contributed by atoms with Crippen LogP contribution in [-0.4, -0.2) is 15.7 Å². The number of nitrogens with zero attached hydrogens (tertiary/aromatic N) is 2. The maximum absolute atomic E-state index is 6.65. The van der Waals surface area contributed by atoms with Gasteiger partial charge in [-0.3, -0.25) is 0 Å². The first kappa shape index (κ1) is 19.9. The minimum atomic E-state index is -1.05. The zero-order valence-corrected chi connectivity index (χ0v) is 18.7. The quantitative estimate of drug-likeness (QED) is 0.299. The second-order valence-corrected chi connectivity index (χ2v) is 8.92. The molecule has 162 valence electrons. The van der Waals surface area contributed by atoms with Crippen LogP contribution in [-0.2, 0) is 0 Å². The van der Waals surface area contributed by atoms with Gasteiger partial charge < -0.3 is 20.5 Å². The number of nitrogens with two attached hydrogens (primary N) is 1. The van der Waals surface area contributed by atoms with E-state index in [0.717, 1.165) is 17.1 Å². The molecule has 2 heterocycles. The average molecular weight is 451 g/mol. The Morgan fingerprint density at radius 1 is 0.848 bits per heavy atom. The maximum Gasteiger partial charge on any atom is 0.151 e. The lowest BCUT2D eigenvalue weighted by Crippen LogP contribution is -2.49. The van der Waals surface area contributed by atoms with Crippen molar-refractivity contribution >= 4 is 39.1 Å². The van der Waals surface area contributed by atoms with E-state index in [-0.39, 0.29) is 6.17 Å². The fraction of sp³-hybridized carbons (Fsp3) is 0.0714. The third-order valence-electron chi connectivity index (χ3n) is 6.26. The number of hydrogen-bond donors (Lipinski definition) is 2. The standard InChI is InChI=1S/C28H23ClN4/c29-28(30)18-7-12-26(28)33(27-13-5-6-19-31-27)21-16-14-20(15-17-21)32-24-10-3-1-8-22(24)23-9-2-4-11-25(23)32/h1-19,27,31H,30H2/t27?,28-/m0/s1. The minimum Gasteiger partial charge on any atom is -0.368 e. The molecule has 0 saturated heterocycles. The van der Waals surface area contributed by atoms with Gasteiger partial charge in [0.2, 0.25) is 0 Å². The third kappa shape index (κ3) is 3.27. The highest BCUT2D eigenvalue weighted by molar-refractivity contribution is 6.27.